The lowest BCUT2D eigenvalue weighted by Gasteiger charge is -2.31. The molecule has 1 saturated heterocycles. The van der Waals surface area contributed by atoms with E-state index in [1.54, 1.807) is 13.0 Å². The number of thiophene rings is 1. The van der Waals surface area contributed by atoms with Crippen LogP contribution in [0.1, 0.15) is 54.4 Å². The maximum Gasteiger partial charge on any atom is 0.244 e. The van der Waals surface area contributed by atoms with Crippen molar-refractivity contribution in [1.29, 1.82) is 0 Å². The van der Waals surface area contributed by atoms with Gasteiger partial charge in [-0.1, -0.05) is 41.9 Å². The van der Waals surface area contributed by atoms with Gasteiger partial charge in [0.15, 0.2) is 0 Å². The zero-order valence-electron chi connectivity index (χ0n) is 19.1. The molecule has 1 atom stereocenters. The summed E-state index contributed by atoms with van der Waals surface area (Å²) in [4.78, 5) is 18.9. The van der Waals surface area contributed by atoms with E-state index >= 15 is 0 Å². The predicted octanol–water partition coefficient (Wildman–Crippen LogP) is 4.09. The van der Waals surface area contributed by atoms with Crippen molar-refractivity contribution in [1.82, 2.24) is 19.8 Å². The molecular weight excluding hydrogens is 472 g/mol. The smallest absolute Gasteiger partial charge is 0.244 e. The first-order chi connectivity index (χ1) is 16.4. The van der Waals surface area contributed by atoms with Gasteiger partial charge < -0.3 is 9.84 Å². The second-order valence-electron chi connectivity index (χ2n) is 9.02. The number of rotatable bonds is 7. The molecular formula is C24H28N4O4S2. The van der Waals surface area contributed by atoms with Crippen LogP contribution in [0.4, 0.5) is 0 Å². The fraction of sp³-hybridized carbons (Fsp3) is 0.458. The van der Waals surface area contributed by atoms with Crippen molar-refractivity contribution in [3.8, 4) is 10.7 Å². The van der Waals surface area contributed by atoms with Crippen LogP contribution in [-0.4, -0.2) is 41.9 Å². The zero-order chi connectivity index (χ0) is 23.7. The summed E-state index contributed by atoms with van der Waals surface area (Å²) in [5, 5.41) is 7.04. The molecule has 3 aromatic rings. The van der Waals surface area contributed by atoms with Crippen LogP contribution in [0.25, 0.3) is 10.7 Å². The van der Waals surface area contributed by atoms with E-state index in [9.17, 15) is 13.2 Å². The summed E-state index contributed by atoms with van der Waals surface area (Å²) in [7, 11) is -3.74. The highest BCUT2D eigenvalue weighted by Crippen LogP contribution is 2.38. The van der Waals surface area contributed by atoms with Crippen molar-refractivity contribution >= 4 is 27.3 Å². The Morgan fingerprint density at radius 1 is 1.21 bits per heavy atom. The molecule has 1 aliphatic carbocycles. The Hall–Kier alpha value is -2.56. The van der Waals surface area contributed by atoms with Crippen LogP contribution in [0.3, 0.4) is 0 Å². The van der Waals surface area contributed by atoms with Crippen LogP contribution < -0.4 is 5.32 Å². The third-order valence-electron chi connectivity index (χ3n) is 6.67. The summed E-state index contributed by atoms with van der Waals surface area (Å²) >= 11 is 1.35. The third-order valence-corrected chi connectivity index (χ3v) is 9.84. The second-order valence-corrected chi connectivity index (χ2v) is 12.2. The molecule has 2 fully saturated rings. The normalized spacial score (nSPS) is 19.6. The number of aryl methyl sites for hydroxylation is 1. The molecule has 8 nitrogen and oxygen atoms in total. The Bertz CT molecular complexity index is 1270. The summed E-state index contributed by atoms with van der Waals surface area (Å²) < 4.78 is 33.9. The lowest BCUT2D eigenvalue weighted by atomic mass is 9.85. The van der Waals surface area contributed by atoms with Crippen LogP contribution in [0.2, 0.25) is 0 Å². The van der Waals surface area contributed by atoms with Crippen molar-refractivity contribution < 1.29 is 17.7 Å². The van der Waals surface area contributed by atoms with Gasteiger partial charge in [-0.05, 0) is 44.2 Å². The van der Waals surface area contributed by atoms with Gasteiger partial charge in [-0.25, -0.2) is 8.42 Å². The minimum Gasteiger partial charge on any atom is -0.352 e. The number of hydrogen-bond donors (Lipinski definition) is 1. The molecule has 0 unspecified atom stereocenters. The fourth-order valence-corrected chi connectivity index (χ4v) is 7.44. The lowest BCUT2D eigenvalue weighted by Crippen LogP contribution is -2.45. The lowest BCUT2D eigenvalue weighted by molar-refractivity contribution is -0.126. The van der Waals surface area contributed by atoms with E-state index in [2.05, 4.69) is 15.5 Å². The number of benzene rings is 1. The second kappa shape index (κ2) is 9.59. The summed E-state index contributed by atoms with van der Waals surface area (Å²) in [6, 6.07) is 11.3. The number of nitrogens with one attached hydrogen (secondary N) is 1. The van der Waals surface area contributed by atoms with Crippen LogP contribution in [0.15, 0.2) is 45.8 Å². The van der Waals surface area contributed by atoms with Crippen molar-refractivity contribution in [2.24, 2.45) is 5.92 Å². The van der Waals surface area contributed by atoms with E-state index < -0.39 is 10.0 Å². The van der Waals surface area contributed by atoms with Gasteiger partial charge in [0.2, 0.25) is 27.6 Å². The number of amides is 1. The van der Waals surface area contributed by atoms with Gasteiger partial charge in [0.05, 0.1) is 15.7 Å². The molecule has 0 bridgehead atoms. The molecule has 3 heterocycles. The van der Waals surface area contributed by atoms with Gasteiger partial charge in [-0.2, -0.15) is 9.29 Å². The number of piperidine rings is 1. The highest BCUT2D eigenvalue weighted by atomic mass is 32.2. The molecule has 2 aliphatic rings. The van der Waals surface area contributed by atoms with Crippen LogP contribution >= 0.6 is 11.3 Å². The average Bonchev–Trinajstić information content (AvgIpc) is 3.44. The molecule has 34 heavy (non-hydrogen) atoms. The number of carbonyl (C=O) groups excluding carboxylic acids is 1. The summed E-state index contributed by atoms with van der Waals surface area (Å²) in [6.07, 6.45) is 4.60. The van der Waals surface area contributed by atoms with Crippen molar-refractivity contribution in [2.75, 3.05) is 13.1 Å². The largest absolute Gasteiger partial charge is 0.352 e. The van der Waals surface area contributed by atoms with Crippen LogP contribution in [0, 0.1) is 12.8 Å². The van der Waals surface area contributed by atoms with Crippen LogP contribution in [0.5, 0.6) is 0 Å². The maximum absolute atomic E-state index is 13.5. The Morgan fingerprint density at radius 3 is 2.74 bits per heavy atom. The molecule has 1 amide bonds. The number of sulfonamides is 1. The van der Waals surface area contributed by atoms with E-state index in [1.807, 2.05) is 30.3 Å². The van der Waals surface area contributed by atoms with E-state index in [4.69, 9.17) is 4.52 Å². The Labute approximate surface area is 203 Å². The summed E-state index contributed by atoms with van der Waals surface area (Å²) in [6.45, 7) is 2.82. The van der Waals surface area contributed by atoms with Gasteiger partial charge in [-0.15, -0.1) is 11.3 Å². The van der Waals surface area contributed by atoms with Gasteiger partial charge in [0.25, 0.3) is 0 Å². The Kier molecular flexibility index (Phi) is 6.54. The molecule has 1 N–H and O–H groups in total. The van der Waals surface area contributed by atoms with Crippen molar-refractivity contribution in [3.63, 3.8) is 0 Å². The van der Waals surface area contributed by atoms with E-state index in [1.165, 1.54) is 22.1 Å². The van der Waals surface area contributed by atoms with Gasteiger partial charge >= 0.3 is 0 Å². The molecule has 0 spiro atoms. The van der Waals surface area contributed by atoms with E-state index in [0.717, 1.165) is 18.4 Å². The Morgan fingerprint density at radius 2 is 2.00 bits per heavy atom. The monoisotopic (exact) mass is 500 g/mol. The molecule has 10 heteroatoms. The van der Waals surface area contributed by atoms with E-state index in [-0.39, 0.29) is 23.3 Å². The zero-order valence-corrected chi connectivity index (χ0v) is 20.7. The minimum atomic E-state index is -3.74. The average molecular weight is 501 g/mol. The number of carbonyl (C=O) groups is 1. The number of hydrogen-bond acceptors (Lipinski definition) is 7. The minimum absolute atomic E-state index is 0.109. The quantitative estimate of drug-likeness (QED) is 0.524. The van der Waals surface area contributed by atoms with Crippen molar-refractivity contribution in [2.45, 2.75) is 56.4 Å². The maximum atomic E-state index is 13.5. The predicted molar refractivity (Wildman–Crippen MR) is 129 cm³/mol. The summed E-state index contributed by atoms with van der Waals surface area (Å²) in [5.74, 6) is 0.920. The first kappa shape index (κ1) is 23.2. The van der Waals surface area contributed by atoms with Gasteiger partial charge in [-0.3, -0.25) is 4.79 Å². The SMILES string of the molecule is Cc1sc(-c2noc(C3CCC3)n2)cc1S(=O)(=O)N1CCC[C@H](C(=O)NCc2ccccc2)C1. The summed E-state index contributed by atoms with van der Waals surface area (Å²) in [5.41, 5.74) is 1.01. The van der Waals surface area contributed by atoms with Gasteiger partial charge in [0.1, 0.15) is 0 Å². The van der Waals surface area contributed by atoms with Crippen LogP contribution in [-0.2, 0) is 21.4 Å². The molecule has 0 radical (unpaired) electrons. The third kappa shape index (κ3) is 4.67. The van der Waals surface area contributed by atoms with Gasteiger partial charge in [0, 0.05) is 30.4 Å². The number of nitrogens with zero attached hydrogens (tertiary/aromatic N) is 3. The number of aromatic nitrogens is 2. The molecule has 1 aliphatic heterocycles. The molecule has 1 aromatic carbocycles. The molecule has 2 aromatic heterocycles. The Balaban J connectivity index is 1.28. The first-order valence-electron chi connectivity index (χ1n) is 11.7. The highest BCUT2D eigenvalue weighted by molar-refractivity contribution is 7.89. The topological polar surface area (TPSA) is 105 Å². The molecule has 1 saturated carbocycles. The highest BCUT2D eigenvalue weighted by Gasteiger charge is 2.35. The van der Waals surface area contributed by atoms with E-state index in [0.29, 0.717) is 53.3 Å². The molecule has 5 rings (SSSR count). The van der Waals surface area contributed by atoms with Crippen molar-refractivity contribution in [3.05, 3.63) is 52.7 Å². The molecule has 180 valence electrons. The first-order valence-corrected chi connectivity index (χ1v) is 13.9. The standard InChI is InChI=1S/C24H28N4O4S2/c1-16-21(13-20(33-16)22-26-24(32-27-22)18-9-5-10-18)34(30,31)28-12-6-11-19(15-28)23(29)25-14-17-7-3-2-4-8-17/h2-4,7-8,13,18-19H,5-6,9-12,14-15H2,1H3,(H,25,29)/t19-/m0/s1. The fourth-order valence-electron chi connectivity index (χ4n) is 4.43.